The molecule has 0 saturated carbocycles. The molecular weight excluding hydrogens is 491 g/mol. The average Bonchev–Trinajstić information content (AvgIpc) is 3.58. The quantitative estimate of drug-likeness (QED) is 0.386. The van der Waals surface area contributed by atoms with E-state index in [-0.39, 0.29) is 36.7 Å². The average molecular weight is 528 g/mol. The standard InChI is InChI=1S/C29H36F3N5O/c1-29(2,3)26(37(18-20(30)16-33)28(38)36-13-7-8-14-36)27-34-17-24(35-27)25-21(22(31)11-12-23(25)32)15-19-9-5-4-6-10-19/h4-6,9-12,17,20,26H,7-8,13-16,18,33H2,1-3H3,(H,34,35)/t20-,26-/m0/s1. The molecule has 1 aliphatic rings. The molecule has 2 aromatic carbocycles. The summed E-state index contributed by atoms with van der Waals surface area (Å²) in [6, 6.07) is 10.5. The Morgan fingerprint density at radius 1 is 1.11 bits per heavy atom. The van der Waals surface area contributed by atoms with E-state index < -0.39 is 29.3 Å². The maximum Gasteiger partial charge on any atom is 0.320 e. The number of H-pyrrole nitrogens is 1. The summed E-state index contributed by atoms with van der Waals surface area (Å²) in [5.74, 6) is -0.738. The van der Waals surface area contributed by atoms with Gasteiger partial charge in [-0.25, -0.2) is 22.9 Å². The zero-order valence-corrected chi connectivity index (χ0v) is 22.2. The number of alkyl halides is 1. The van der Waals surface area contributed by atoms with Gasteiger partial charge in [0.1, 0.15) is 23.6 Å². The smallest absolute Gasteiger partial charge is 0.320 e. The first-order valence-corrected chi connectivity index (χ1v) is 13.1. The predicted octanol–water partition coefficient (Wildman–Crippen LogP) is 5.85. The van der Waals surface area contributed by atoms with E-state index in [0.29, 0.717) is 24.6 Å². The Balaban J connectivity index is 1.76. The third-order valence-electron chi connectivity index (χ3n) is 6.96. The van der Waals surface area contributed by atoms with Crippen molar-refractivity contribution >= 4 is 6.03 Å². The Kier molecular flexibility index (Phi) is 8.45. The molecule has 4 rings (SSSR count). The number of aromatic nitrogens is 2. The first kappa shape index (κ1) is 27.7. The maximum atomic E-state index is 15.2. The third-order valence-corrected chi connectivity index (χ3v) is 6.96. The van der Waals surface area contributed by atoms with Crippen LogP contribution in [0.2, 0.25) is 0 Å². The van der Waals surface area contributed by atoms with Crippen LogP contribution in [-0.2, 0) is 6.42 Å². The van der Waals surface area contributed by atoms with Crippen LogP contribution in [0.3, 0.4) is 0 Å². The van der Waals surface area contributed by atoms with E-state index in [1.807, 2.05) is 51.1 Å². The van der Waals surface area contributed by atoms with Crippen molar-refractivity contribution in [2.45, 2.75) is 52.2 Å². The van der Waals surface area contributed by atoms with Crippen LogP contribution in [0.5, 0.6) is 0 Å². The molecule has 2 heterocycles. The molecule has 204 valence electrons. The van der Waals surface area contributed by atoms with Gasteiger partial charge in [-0.3, -0.25) is 0 Å². The molecule has 9 heteroatoms. The number of benzene rings is 2. The van der Waals surface area contributed by atoms with Gasteiger partial charge in [0.05, 0.1) is 24.5 Å². The van der Waals surface area contributed by atoms with Crippen LogP contribution in [0, 0.1) is 17.0 Å². The normalized spacial score (nSPS) is 15.5. The summed E-state index contributed by atoms with van der Waals surface area (Å²) in [6.45, 7) is 6.59. The minimum Gasteiger partial charge on any atom is -0.340 e. The first-order chi connectivity index (χ1) is 18.1. The molecule has 3 aromatic rings. The minimum absolute atomic E-state index is 0.0861. The molecule has 6 nitrogen and oxygen atoms in total. The Morgan fingerprint density at radius 3 is 2.39 bits per heavy atom. The van der Waals surface area contributed by atoms with Crippen molar-refractivity contribution in [3.63, 3.8) is 0 Å². The molecule has 38 heavy (non-hydrogen) atoms. The zero-order chi connectivity index (χ0) is 27.4. The van der Waals surface area contributed by atoms with Gasteiger partial charge in [0.25, 0.3) is 0 Å². The number of hydrogen-bond donors (Lipinski definition) is 2. The van der Waals surface area contributed by atoms with Gasteiger partial charge in [0, 0.05) is 37.2 Å². The number of urea groups is 1. The van der Waals surface area contributed by atoms with Gasteiger partial charge in [-0.1, -0.05) is 51.1 Å². The second-order valence-corrected chi connectivity index (χ2v) is 11.0. The highest BCUT2D eigenvalue weighted by molar-refractivity contribution is 5.75. The second kappa shape index (κ2) is 11.6. The lowest BCUT2D eigenvalue weighted by Gasteiger charge is -2.41. The highest BCUT2D eigenvalue weighted by Gasteiger charge is 2.40. The van der Waals surface area contributed by atoms with E-state index in [9.17, 15) is 9.18 Å². The number of carbonyl (C=O) groups is 1. The van der Waals surface area contributed by atoms with Gasteiger partial charge in [-0.15, -0.1) is 0 Å². The lowest BCUT2D eigenvalue weighted by atomic mass is 9.85. The lowest BCUT2D eigenvalue weighted by Crippen LogP contribution is -2.50. The Bertz CT molecular complexity index is 1230. The van der Waals surface area contributed by atoms with Gasteiger partial charge < -0.3 is 20.5 Å². The van der Waals surface area contributed by atoms with Crippen molar-refractivity contribution in [3.8, 4) is 11.3 Å². The number of likely N-dealkylation sites (tertiary alicyclic amines) is 1. The van der Waals surface area contributed by atoms with Crippen LogP contribution in [0.15, 0.2) is 48.7 Å². The molecule has 3 N–H and O–H groups in total. The minimum atomic E-state index is -1.42. The largest absolute Gasteiger partial charge is 0.340 e. The summed E-state index contributed by atoms with van der Waals surface area (Å²) < 4.78 is 44.9. The van der Waals surface area contributed by atoms with Gasteiger partial charge in [-0.05, 0) is 36.0 Å². The van der Waals surface area contributed by atoms with E-state index in [1.165, 1.54) is 11.1 Å². The van der Waals surface area contributed by atoms with E-state index in [0.717, 1.165) is 30.5 Å². The molecule has 1 aromatic heterocycles. The topological polar surface area (TPSA) is 78.2 Å². The molecule has 1 fully saturated rings. The number of amides is 2. The lowest BCUT2D eigenvalue weighted by molar-refractivity contribution is 0.0736. The summed E-state index contributed by atoms with van der Waals surface area (Å²) in [4.78, 5) is 24.5. The summed E-state index contributed by atoms with van der Waals surface area (Å²) in [5, 5.41) is 0. The van der Waals surface area contributed by atoms with E-state index in [1.54, 1.807) is 4.90 Å². The molecule has 0 aliphatic carbocycles. The molecule has 0 bridgehead atoms. The number of nitrogens with zero attached hydrogens (tertiary/aromatic N) is 3. The molecule has 0 spiro atoms. The van der Waals surface area contributed by atoms with Crippen molar-refractivity contribution in [1.29, 1.82) is 0 Å². The highest BCUT2D eigenvalue weighted by Crippen LogP contribution is 2.39. The number of carbonyl (C=O) groups excluding carboxylic acids is 1. The summed E-state index contributed by atoms with van der Waals surface area (Å²) in [7, 11) is 0. The van der Waals surface area contributed by atoms with Gasteiger partial charge >= 0.3 is 6.03 Å². The van der Waals surface area contributed by atoms with Crippen LogP contribution in [0.25, 0.3) is 11.3 Å². The molecule has 0 unspecified atom stereocenters. The number of imidazole rings is 1. The first-order valence-electron chi connectivity index (χ1n) is 13.1. The Morgan fingerprint density at radius 2 is 1.76 bits per heavy atom. The Hall–Kier alpha value is -3.33. The fraction of sp³-hybridized carbons (Fsp3) is 0.448. The van der Waals surface area contributed by atoms with Crippen LogP contribution in [-0.4, -0.2) is 58.1 Å². The highest BCUT2D eigenvalue weighted by atomic mass is 19.1. The molecular formula is C29H36F3N5O. The van der Waals surface area contributed by atoms with Crippen molar-refractivity contribution in [2.24, 2.45) is 11.1 Å². The fourth-order valence-corrected chi connectivity index (χ4v) is 5.16. The fourth-order valence-electron chi connectivity index (χ4n) is 5.16. The van der Waals surface area contributed by atoms with E-state index in [2.05, 4.69) is 9.97 Å². The van der Waals surface area contributed by atoms with E-state index >= 15 is 8.78 Å². The van der Waals surface area contributed by atoms with Crippen molar-refractivity contribution in [1.82, 2.24) is 19.8 Å². The van der Waals surface area contributed by atoms with Crippen molar-refractivity contribution in [2.75, 3.05) is 26.2 Å². The van der Waals surface area contributed by atoms with Crippen LogP contribution in [0.1, 0.15) is 56.6 Å². The monoisotopic (exact) mass is 527 g/mol. The number of aromatic amines is 1. The number of hydrogen-bond acceptors (Lipinski definition) is 3. The maximum absolute atomic E-state index is 15.2. The molecule has 1 aliphatic heterocycles. The number of halogens is 3. The molecule has 2 atom stereocenters. The second-order valence-electron chi connectivity index (χ2n) is 11.0. The molecule has 0 radical (unpaired) electrons. The van der Waals surface area contributed by atoms with Crippen LogP contribution in [0.4, 0.5) is 18.0 Å². The molecule has 2 amide bonds. The van der Waals surface area contributed by atoms with E-state index in [4.69, 9.17) is 5.73 Å². The van der Waals surface area contributed by atoms with Gasteiger partial charge in [-0.2, -0.15) is 0 Å². The summed E-state index contributed by atoms with van der Waals surface area (Å²) in [6.07, 6.45) is 2.01. The number of nitrogens with two attached hydrogens (primary N) is 1. The van der Waals surface area contributed by atoms with Crippen LogP contribution >= 0.6 is 0 Å². The van der Waals surface area contributed by atoms with Gasteiger partial charge in [0.2, 0.25) is 0 Å². The van der Waals surface area contributed by atoms with Crippen molar-refractivity contribution < 1.29 is 18.0 Å². The van der Waals surface area contributed by atoms with Gasteiger partial charge in [0.15, 0.2) is 0 Å². The number of rotatable bonds is 8. The van der Waals surface area contributed by atoms with Crippen molar-refractivity contribution in [3.05, 3.63) is 77.2 Å². The Labute approximate surface area is 222 Å². The summed E-state index contributed by atoms with van der Waals surface area (Å²) >= 11 is 0. The van der Waals surface area contributed by atoms with Crippen LogP contribution < -0.4 is 5.73 Å². The SMILES string of the molecule is CC(C)(C)[C@H](c1ncc(-c2c(F)ccc(F)c2Cc2ccccc2)[nH]1)N(C[C@@H](F)CN)C(=O)N1CCCC1. The zero-order valence-electron chi connectivity index (χ0n) is 22.2. The molecule has 1 saturated heterocycles. The predicted molar refractivity (Wildman–Crippen MR) is 142 cm³/mol. The number of nitrogens with one attached hydrogen (secondary N) is 1. The summed E-state index contributed by atoms with van der Waals surface area (Å²) in [5.41, 5.74) is 6.44. The third kappa shape index (κ3) is 6.04.